The molecule has 6 rings (SSSR count). The summed E-state index contributed by atoms with van der Waals surface area (Å²) in [4.78, 5) is 4.22. The van der Waals surface area contributed by atoms with Crippen LogP contribution in [0.5, 0.6) is 0 Å². The Morgan fingerprint density at radius 3 is 2.44 bits per heavy atom. The van der Waals surface area contributed by atoms with Crippen LogP contribution in [-0.2, 0) is 20.1 Å². The Hall–Kier alpha value is -3.62. The van der Waals surface area contributed by atoms with Crippen molar-refractivity contribution in [2.75, 3.05) is 7.05 Å². The van der Waals surface area contributed by atoms with E-state index >= 15 is 0 Å². The molecule has 0 spiro atoms. The van der Waals surface area contributed by atoms with Gasteiger partial charge in [-0.2, -0.15) is 12.1 Å². The zero-order valence-electron chi connectivity index (χ0n) is 17.3. The van der Waals surface area contributed by atoms with Crippen molar-refractivity contribution < 1.29 is 33.7 Å². The molecule has 0 atom stereocenters. The van der Waals surface area contributed by atoms with Crippen LogP contribution in [0.4, 0.5) is 5.69 Å². The minimum atomic E-state index is 0. The third kappa shape index (κ3) is 4.37. The Morgan fingerprint density at radius 2 is 1.69 bits per heavy atom. The molecule has 0 aliphatic carbocycles. The minimum absolute atomic E-state index is 0. The summed E-state index contributed by atoms with van der Waals surface area (Å²) in [6.07, 6.45) is 5.67. The third-order valence-corrected chi connectivity index (χ3v) is 4.91. The van der Waals surface area contributed by atoms with Crippen molar-refractivity contribution in [3.05, 3.63) is 110 Å². The number of rotatable bonds is 2. The SMILES string of the molecule is C[N+]1=C=[N+](c2[c-]ccc3c2oc2ccccc23)C=C1.[Ir].[c-]1ccccc1-c1ccccn1. The second-order valence-electron chi connectivity index (χ2n) is 7.04. The summed E-state index contributed by atoms with van der Waals surface area (Å²) >= 11 is 0. The summed E-state index contributed by atoms with van der Waals surface area (Å²) in [7, 11) is 1.94. The Balaban J connectivity index is 0.000000164. The van der Waals surface area contributed by atoms with E-state index in [1.54, 1.807) is 6.20 Å². The predicted octanol–water partition coefficient (Wildman–Crippen LogP) is 5.88. The Labute approximate surface area is 199 Å². The number of pyridine rings is 1. The number of hydrogen-bond donors (Lipinski definition) is 0. The van der Waals surface area contributed by atoms with Gasteiger partial charge in [-0.3, -0.25) is 0 Å². The Kier molecular flexibility index (Phi) is 6.53. The van der Waals surface area contributed by atoms with E-state index in [0.717, 1.165) is 38.9 Å². The molecular weight excluding hydrogens is 575 g/mol. The number of fused-ring (bicyclic) bond motifs is 3. The van der Waals surface area contributed by atoms with Crippen LogP contribution in [0.1, 0.15) is 0 Å². The number of hydrogen-bond acceptors (Lipinski definition) is 2. The first-order valence-corrected chi connectivity index (χ1v) is 9.96. The van der Waals surface area contributed by atoms with Crippen molar-refractivity contribution in [3.8, 4) is 11.3 Å². The Morgan fingerprint density at radius 1 is 0.844 bits per heavy atom. The minimum Gasteiger partial charge on any atom is -0.509 e. The number of furan rings is 1. The first-order chi connectivity index (χ1) is 15.3. The van der Waals surface area contributed by atoms with Crippen LogP contribution in [-0.4, -0.2) is 27.2 Å². The van der Waals surface area contributed by atoms with Gasteiger partial charge in [-0.05, 0) is 17.8 Å². The zero-order valence-corrected chi connectivity index (χ0v) is 19.7. The van der Waals surface area contributed by atoms with Gasteiger partial charge in [-0.25, -0.2) is 0 Å². The largest absolute Gasteiger partial charge is 0.509 e. The van der Waals surface area contributed by atoms with Gasteiger partial charge in [0.2, 0.25) is 6.20 Å². The Bertz CT molecular complexity index is 1430. The molecule has 4 nitrogen and oxygen atoms in total. The second-order valence-corrected chi connectivity index (χ2v) is 7.04. The molecular formula is C27H19IrN3O. The van der Waals surface area contributed by atoms with Crippen LogP contribution < -0.4 is 0 Å². The van der Waals surface area contributed by atoms with Crippen molar-refractivity contribution >= 4 is 33.6 Å². The molecule has 1 radical (unpaired) electrons. The fraction of sp³-hybridized carbons (Fsp3) is 0.0370. The van der Waals surface area contributed by atoms with E-state index in [1.165, 1.54) is 0 Å². The fourth-order valence-electron chi connectivity index (χ4n) is 3.46. The molecule has 0 N–H and O–H groups in total. The topological polar surface area (TPSA) is 32.0 Å². The molecule has 0 saturated heterocycles. The molecule has 3 aromatic carbocycles. The van der Waals surface area contributed by atoms with Gasteiger partial charge in [0.25, 0.3) is 6.20 Å². The number of benzene rings is 3. The molecule has 3 heterocycles. The maximum Gasteiger partial charge on any atom is 0.493 e. The number of aromatic nitrogens is 1. The maximum atomic E-state index is 5.97. The van der Waals surface area contributed by atoms with Gasteiger partial charge < -0.3 is 9.40 Å². The monoisotopic (exact) mass is 594 g/mol. The zero-order chi connectivity index (χ0) is 21.0. The number of para-hydroxylation sites is 1. The molecule has 157 valence electrons. The molecule has 0 amide bonds. The smallest absolute Gasteiger partial charge is 0.493 e. The van der Waals surface area contributed by atoms with Crippen LogP contribution in [0.3, 0.4) is 0 Å². The normalized spacial score (nSPS) is 12.0. The van der Waals surface area contributed by atoms with Gasteiger partial charge in [0.1, 0.15) is 5.58 Å². The van der Waals surface area contributed by atoms with Gasteiger partial charge in [0.05, 0.1) is 5.58 Å². The molecule has 0 bridgehead atoms. The molecule has 2 aromatic heterocycles. The molecule has 1 aliphatic heterocycles. The van der Waals surface area contributed by atoms with Crippen LogP contribution in [0.15, 0.2) is 102 Å². The molecule has 5 aromatic rings. The van der Waals surface area contributed by atoms with Crippen molar-refractivity contribution in [3.63, 3.8) is 0 Å². The van der Waals surface area contributed by atoms with Crippen LogP contribution >= 0.6 is 0 Å². The molecule has 0 saturated carbocycles. The van der Waals surface area contributed by atoms with E-state index in [2.05, 4.69) is 29.2 Å². The van der Waals surface area contributed by atoms with Gasteiger partial charge in [-0.1, -0.05) is 44.9 Å². The van der Waals surface area contributed by atoms with Crippen molar-refractivity contribution in [2.24, 2.45) is 0 Å². The summed E-state index contributed by atoms with van der Waals surface area (Å²) in [6.45, 7) is 0. The van der Waals surface area contributed by atoms with Crippen molar-refractivity contribution in [2.45, 2.75) is 0 Å². The van der Waals surface area contributed by atoms with E-state index in [4.69, 9.17) is 4.42 Å². The average Bonchev–Trinajstić information content (AvgIpc) is 3.44. The van der Waals surface area contributed by atoms with Crippen LogP contribution in [0.25, 0.3) is 33.2 Å². The van der Waals surface area contributed by atoms with E-state index in [9.17, 15) is 0 Å². The molecule has 5 heteroatoms. The van der Waals surface area contributed by atoms with Crippen LogP contribution in [0, 0.1) is 12.1 Å². The van der Waals surface area contributed by atoms with Gasteiger partial charge in [0, 0.05) is 31.7 Å². The maximum absolute atomic E-state index is 5.97. The summed E-state index contributed by atoms with van der Waals surface area (Å²) in [5.41, 5.74) is 4.64. The molecule has 0 fully saturated rings. The average molecular weight is 594 g/mol. The van der Waals surface area contributed by atoms with Crippen LogP contribution in [0.2, 0.25) is 0 Å². The first kappa shape index (κ1) is 21.6. The van der Waals surface area contributed by atoms with Gasteiger partial charge in [0.15, 0.2) is 12.7 Å². The summed E-state index contributed by atoms with van der Waals surface area (Å²) in [5, 5.41) is 2.23. The second kappa shape index (κ2) is 9.67. The van der Waals surface area contributed by atoms with E-state index in [-0.39, 0.29) is 20.1 Å². The molecule has 0 unspecified atom stereocenters. The first-order valence-electron chi connectivity index (χ1n) is 9.96. The molecule has 1 aliphatic rings. The van der Waals surface area contributed by atoms with Gasteiger partial charge in [-0.15, -0.1) is 42.0 Å². The summed E-state index contributed by atoms with van der Waals surface area (Å²) in [5.74, 6) is 0. The van der Waals surface area contributed by atoms with E-state index in [0.29, 0.717) is 0 Å². The van der Waals surface area contributed by atoms with Crippen molar-refractivity contribution in [1.29, 1.82) is 0 Å². The summed E-state index contributed by atoms with van der Waals surface area (Å²) in [6, 6.07) is 35.2. The van der Waals surface area contributed by atoms with Gasteiger partial charge >= 0.3 is 6.01 Å². The quantitative estimate of drug-likeness (QED) is 0.189. The fourth-order valence-corrected chi connectivity index (χ4v) is 3.46. The molecule has 32 heavy (non-hydrogen) atoms. The standard InChI is InChI=1S/C16H11N2O.C11H8N.Ir/c1-17-9-10-18(11-17)14-7-4-6-13-12-5-2-3-8-15(12)19-16(13)14;1-2-6-10(7-3-1)11-8-4-5-9-12-11;/h2-6,8-10H,1H3;1-6,8-9H;/q+1;-1;. The third-order valence-electron chi connectivity index (χ3n) is 4.91. The van der Waals surface area contributed by atoms with E-state index in [1.807, 2.05) is 101 Å². The van der Waals surface area contributed by atoms with E-state index < -0.39 is 0 Å². The van der Waals surface area contributed by atoms with Crippen molar-refractivity contribution in [1.82, 2.24) is 4.98 Å². The predicted molar refractivity (Wildman–Crippen MR) is 121 cm³/mol. The summed E-state index contributed by atoms with van der Waals surface area (Å²) < 4.78 is 9.73. The number of nitrogens with zero attached hydrogens (tertiary/aromatic N) is 3.